The maximum atomic E-state index is 12.4. The Hall–Kier alpha value is -2.70. The molecule has 0 amide bonds. The number of nitrogens with zero attached hydrogens (tertiary/aromatic N) is 3. The molecule has 7 heteroatoms. The molecular weight excluding hydrogens is 298 g/mol. The molecule has 1 aromatic heterocycles. The smallest absolute Gasteiger partial charge is 0.295 e. The summed E-state index contributed by atoms with van der Waals surface area (Å²) in [6.07, 6.45) is 4.84. The number of hydrogen-bond acceptors (Lipinski definition) is 5. The van der Waals surface area contributed by atoms with Gasteiger partial charge in [0.25, 0.3) is 5.09 Å². The SMILES string of the molecule is CC(O[N+](=O)[O-])C(=O)c1cncn1C1CCCc2ccccc21. The van der Waals surface area contributed by atoms with Gasteiger partial charge in [-0.25, -0.2) is 4.98 Å². The Bertz CT molecular complexity index is 740. The van der Waals surface area contributed by atoms with Crippen LogP contribution in [-0.4, -0.2) is 26.5 Å². The van der Waals surface area contributed by atoms with Crippen molar-refractivity contribution in [3.05, 3.63) is 63.7 Å². The third-order valence-corrected chi connectivity index (χ3v) is 4.21. The van der Waals surface area contributed by atoms with E-state index in [9.17, 15) is 14.9 Å². The second-order valence-corrected chi connectivity index (χ2v) is 5.63. The van der Waals surface area contributed by atoms with Crippen LogP contribution in [0.4, 0.5) is 0 Å². The van der Waals surface area contributed by atoms with Gasteiger partial charge in [0.15, 0.2) is 6.10 Å². The van der Waals surface area contributed by atoms with E-state index in [2.05, 4.69) is 22.0 Å². The number of benzene rings is 1. The van der Waals surface area contributed by atoms with Gasteiger partial charge in [-0.05, 0) is 37.3 Å². The van der Waals surface area contributed by atoms with Crippen LogP contribution in [0.2, 0.25) is 0 Å². The van der Waals surface area contributed by atoms with Crippen molar-refractivity contribution >= 4 is 5.78 Å². The van der Waals surface area contributed by atoms with Crippen molar-refractivity contribution in [3.8, 4) is 0 Å². The maximum Gasteiger partial charge on any atom is 0.295 e. The van der Waals surface area contributed by atoms with Crippen LogP contribution >= 0.6 is 0 Å². The molecule has 1 aliphatic rings. The standard InChI is InChI=1S/C16H17N3O4/c1-11(23-19(21)22)16(20)15-9-17-10-18(15)14-8-4-6-12-5-2-3-7-13(12)14/h2-3,5,7,9-11,14H,4,6,8H2,1H3. The third-order valence-electron chi connectivity index (χ3n) is 4.21. The number of ketones is 1. The molecule has 0 saturated carbocycles. The zero-order valence-electron chi connectivity index (χ0n) is 12.7. The van der Waals surface area contributed by atoms with Gasteiger partial charge in [-0.15, -0.1) is 10.1 Å². The van der Waals surface area contributed by atoms with Crippen LogP contribution < -0.4 is 0 Å². The number of carbonyl (C=O) groups is 1. The number of aromatic nitrogens is 2. The first kappa shape index (κ1) is 15.2. The fourth-order valence-electron chi connectivity index (χ4n) is 3.15. The summed E-state index contributed by atoms with van der Waals surface area (Å²) in [6, 6.07) is 8.16. The quantitative estimate of drug-likeness (QED) is 0.481. The number of imidazole rings is 1. The Morgan fingerprint density at radius 3 is 3.04 bits per heavy atom. The zero-order chi connectivity index (χ0) is 16.4. The fraction of sp³-hybridized carbons (Fsp3) is 0.375. The molecule has 0 fully saturated rings. The molecule has 0 radical (unpaired) electrons. The minimum atomic E-state index is -1.15. The average molecular weight is 315 g/mol. The van der Waals surface area contributed by atoms with Crippen LogP contribution in [0.25, 0.3) is 0 Å². The van der Waals surface area contributed by atoms with Gasteiger partial charge in [0.2, 0.25) is 5.78 Å². The minimum Gasteiger partial charge on any atom is -0.320 e. The Morgan fingerprint density at radius 2 is 2.26 bits per heavy atom. The van der Waals surface area contributed by atoms with Crippen molar-refractivity contribution in [3.63, 3.8) is 0 Å². The van der Waals surface area contributed by atoms with Crippen molar-refractivity contribution in [1.29, 1.82) is 0 Å². The third kappa shape index (κ3) is 2.94. The van der Waals surface area contributed by atoms with Gasteiger partial charge in [-0.2, -0.15) is 0 Å². The highest BCUT2D eigenvalue weighted by molar-refractivity contribution is 5.97. The lowest BCUT2D eigenvalue weighted by atomic mass is 9.87. The van der Waals surface area contributed by atoms with Gasteiger partial charge in [-0.3, -0.25) is 4.79 Å². The highest BCUT2D eigenvalue weighted by Crippen LogP contribution is 2.33. The van der Waals surface area contributed by atoms with Crippen LogP contribution in [0, 0.1) is 10.1 Å². The average Bonchev–Trinajstić information content (AvgIpc) is 3.02. The summed E-state index contributed by atoms with van der Waals surface area (Å²) >= 11 is 0. The molecule has 0 aliphatic heterocycles. The molecule has 1 aliphatic carbocycles. The van der Waals surface area contributed by atoms with Crippen molar-refractivity contribution < 1.29 is 14.7 Å². The number of carbonyl (C=O) groups excluding carboxylic acids is 1. The minimum absolute atomic E-state index is 0.0178. The van der Waals surface area contributed by atoms with Crippen molar-refractivity contribution in [2.45, 2.75) is 38.3 Å². The molecule has 2 unspecified atom stereocenters. The topological polar surface area (TPSA) is 87.3 Å². The second-order valence-electron chi connectivity index (χ2n) is 5.63. The summed E-state index contributed by atoms with van der Waals surface area (Å²) in [7, 11) is 0. The number of rotatable bonds is 5. The second kappa shape index (κ2) is 6.20. The van der Waals surface area contributed by atoms with E-state index in [0.29, 0.717) is 5.69 Å². The first-order chi connectivity index (χ1) is 11.1. The van der Waals surface area contributed by atoms with Gasteiger partial charge >= 0.3 is 0 Å². The van der Waals surface area contributed by atoms with Crippen LogP contribution in [0.5, 0.6) is 0 Å². The number of hydrogen-bond donors (Lipinski definition) is 0. The molecule has 1 aromatic carbocycles. The normalized spacial score (nSPS) is 18.0. The van der Waals surface area contributed by atoms with Gasteiger partial charge in [0, 0.05) is 0 Å². The van der Waals surface area contributed by atoms with Crippen LogP contribution in [0.1, 0.15) is 47.4 Å². The molecule has 3 rings (SSSR count). The Labute approximate surface area is 133 Å². The molecule has 0 bridgehead atoms. The summed E-state index contributed by atoms with van der Waals surface area (Å²) in [6.45, 7) is 1.37. The van der Waals surface area contributed by atoms with Crippen LogP contribution in [0.3, 0.4) is 0 Å². The molecule has 120 valence electrons. The lowest BCUT2D eigenvalue weighted by molar-refractivity contribution is -0.763. The maximum absolute atomic E-state index is 12.4. The monoisotopic (exact) mass is 315 g/mol. The van der Waals surface area contributed by atoms with E-state index in [0.717, 1.165) is 19.3 Å². The molecule has 2 aromatic rings. The summed E-state index contributed by atoms with van der Waals surface area (Å²) in [4.78, 5) is 31.3. The highest BCUT2D eigenvalue weighted by atomic mass is 17.0. The molecule has 0 N–H and O–H groups in total. The summed E-state index contributed by atoms with van der Waals surface area (Å²) < 4.78 is 1.81. The molecule has 0 spiro atoms. The Kier molecular flexibility index (Phi) is 4.10. The van der Waals surface area contributed by atoms with E-state index < -0.39 is 17.0 Å². The first-order valence-electron chi connectivity index (χ1n) is 7.53. The lowest BCUT2D eigenvalue weighted by Gasteiger charge is -2.28. The highest BCUT2D eigenvalue weighted by Gasteiger charge is 2.28. The molecule has 0 saturated heterocycles. The summed E-state index contributed by atoms with van der Waals surface area (Å²) in [5.74, 6) is -0.442. The van der Waals surface area contributed by atoms with E-state index in [1.165, 1.54) is 24.2 Å². The predicted octanol–water partition coefficient (Wildman–Crippen LogP) is 2.59. The van der Waals surface area contributed by atoms with E-state index in [1.807, 2.05) is 12.1 Å². The van der Waals surface area contributed by atoms with Crippen molar-refractivity contribution in [1.82, 2.24) is 9.55 Å². The van der Waals surface area contributed by atoms with Gasteiger partial charge in [0.1, 0.15) is 5.69 Å². The predicted molar refractivity (Wildman–Crippen MR) is 81.6 cm³/mol. The van der Waals surface area contributed by atoms with Gasteiger partial charge in [0.05, 0.1) is 18.6 Å². The van der Waals surface area contributed by atoms with E-state index in [1.54, 1.807) is 10.9 Å². The molecule has 23 heavy (non-hydrogen) atoms. The first-order valence-corrected chi connectivity index (χ1v) is 7.53. The lowest BCUT2D eigenvalue weighted by Crippen LogP contribution is -2.28. The Morgan fingerprint density at radius 1 is 1.48 bits per heavy atom. The molecule has 2 atom stereocenters. The fourth-order valence-corrected chi connectivity index (χ4v) is 3.15. The van der Waals surface area contributed by atoms with E-state index >= 15 is 0 Å². The van der Waals surface area contributed by atoms with Gasteiger partial charge < -0.3 is 9.40 Å². The van der Waals surface area contributed by atoms with Crippen molar-refractivity contribution in [2.24, 2.45) is 0 Å². The van der Waals surface area contributed by atoms with E-state index in [4.69, 9.17) is 0 Å². The molecule has 7 nitrogen and oxygen atoms in total. The van der Waals surface area contributed by atoms with E-state index in [-0.39, 0.29) is 6.04 Å². The van der Waals surface area contributed by atoms with Crippen LogP contribution in [0.15, 0.2) is 36.8 Å². The molecule has 1 heterocycles. The number of aryl methyl sites for hydroxylation is 1. The number of fused-ring (bicyclic) bond motifs is 1. The Balaban J connectivity index is 1.93. The van der Waals surface area contributed by atoms with Gasteiger partial charge in [-0.1, -0.05) is 24.3 Å². The zero-order valence-corrected chi connectivity index (χ0v) is 12.7. The largest absolute Gasteiger partial charge is 0.320 e. The van der Waals surface area contributed by atoms with Crippen molar-refractivity contribution in [2.75, 3.05) is 0 Å². The van der Waals surface area contributed by atoms with Crippen LogP contribution in [-0.2, 0) is 11.3 Å². The number of Topliss-reactive ketones (excluding diaryl/α,β-unsaturated/α-hetero) is 1. The summed E-state index contributed by atoms with van der Waals surface area (Å²) in [5.41, 5.74) is 2.78. The summed E-state index contributed by atoms with van der Waals surface area (Å²) in [5, 5.41) is 9.50. The molecular formula is C16H17N3O4.